The predicted octanol–water partition coefficient (Wildman–Crippen LogP) is 4.15. The predicted molar refractivity (Wildman–Crippen MR) is 80.2 cm³/mol. The molecule has 1 N–H and O–H groups in total. The average molecular weight is 375 g/mol. The minimum atomic E-state index is -0.858. The first kappa shape index (κ1) is 13.6. The highest BCUT2D eigenvalue weighted by molar-refractivity contribution is 9.10. The molecule has 0 aliphatic rings. The number of aromatic nitrogens is 2. The van der Waals surface area contributed by atoms with Crippen LogP contribution in [0.5, 0.6) is 0 Å². The van der Waals surface area contributed by atoms with E-state index in [1.165, 1.54) is 17.4 Å². The Kier molecular flexibility index (Phi) is 3.31. The van der Waals surface area contributed by atoms with E-state index in [9.17, 15) is 13.6 Å². The molecule has 0 saturated carbocycles. The molecule has 102 valence electrons. The molecule has 0 saturated heterocycles. The first-order valence-electron chi connectivity index (χ1n) is 5.36. The molecule has 0 radical (unpaired) electrons. The first-order chi connectivity index (χ1) is 9.49. The van der Waals surface area contributed by atoms with Gasteiger partial charge in [-0.2, -0.15) is 0 Å². The Morgan fingerprint density at radius 2 is 2.05 bits per heavy atom. The number of H-pyrrole nitrogens is 1. The number of nitrogens with zero attached hydrogens (tertiary/aromatic N) is 1. The van der Waals surface area contributed by atoms with Gasteiger partial charge >= 0.3 is 0 Å². The lowest BCUT2D eigenvalue weighted by atomic mass is 10.3. The summed E-state index contributed by atoms with van der Waals surface area (Å²) >= 11 is 9.28. The van der Waals surface area contributed by atoms with E-state index in [2.05, 4.69) is 20.9 Å². The Labute approximate surface area is 128 Å². The quantitative estimate of drug-likeness (QED) is 0.513. The van der Waals surface area contributed by atoms with Gasteiger partial charge in [-0.25, -0.2) is 13.3 Å². The lowest BCUT2D eigenvalue weighted by Gasteiger charge is -2.08. The molecule has 8 heteroatoms. The van der Waals surface area contributed by atoms with Gasteiger partial charge in [0.1, 0.15) is 16.3 Å². The highest BCUT2D eigenvalue weighted by Gasteiger charge is 2.14. The molecule has 0 unspecified atom stereocenters. The van der Waals surface area contributed by atoms with Gasteiger partial charge < -0.3 is 4.98 Å². The Morgan fingerprint density at radius 1 is 1.30 bits per heavy atom. The van der Waals surface area contributed by atoms with Crippen molar-refractivity contribution in [2.45, 2.75) is 0 Å². The largest absolute Gasteiger partial charge is 0.331 e. The number of hydrogen-bond acceptors (Lipinski definition) is 3. The van der Waals surface area contributed by atoms with E-state index >= 15 is 0 Å². The van der Waals surface area contributed by atoms with Crippen molar-refractivity contribution in [2.24, 2.45) is 0 Å². The van der Waals surface area contributed by atoms with Gasteiger partial charge in [-0.1, -0.05) is 0 Å². The van der Waals surface area contributed by atoms with Gasteiger partial charge in [0.25, 0.3) is 5.56 Å². The number of fused-ring (bicyclic) bond motifs is 1. The molecule has 0 amide bonds. The number of halogens is 3. The summed E-state index contributed by atoms with van der Waals surface area (Å²) in [4.78, 5) is 15.2. The van der Waals surface area contributed by atoms with Crippen molar-refractivity contribution in [1.29, 1.82) is 0 Å². The molecule has 2 aromatic heterocycles. The molecule has 3 nitrogen and oxygen atoms in total. The van der Waals surface area contributed by atoms with E-state index in [-0.39, 0.29) is 14.9 Å². The fourth-order valence-electron chi connectivity index (χ4n) is 1.84. The third kappa shape index (κ3) is 2.04. The maximum absolute atomic E-state index is 13.9. The molecule has 20 heavy (non-hydrogen) atoms. The fraction of sp³-hybridized carbons (Fsp3) is 0. The van der Waals surface area contributed by atoms with Crippen LogP contribution in [0.3, 0.4) is 0 Å². The van der Waals surface area contributed by atoms with Crippen molar-refractivity contribution in [2.75, 3.05) is 0 Å². The number of benzene rings is 1. The highest BCUT2D eigenvalue weighted by atomic mass is 79.9. The van der Waals surface area contributed by atoms with E-state index in [0.29, 0.717) is 16.3 Å². The number of rotatable bonds is 1. The molecule has 3 rings (SSSR count). The van der Waals surface area contributed by atoms with Gasteiger partial charge in [0, 0.05) is 6.07 Å². The third-order valence-electron chi connectivity index (χ3n) is 2.74. The van der Waals surface area contributed by atoms with Crippen LogP contribution in [0.2, 0.25) is 0 Å². The van der Waals surface area contributed by atoms with Crippen molar-refractivity contribution in [1.82, 2.24) is 9.55 Å². The Morgan fingerprint density at radius 3 is 2.80 bits per heavy atom. The van der Waals surface area contributed by atoms with Gasteiger partial charge in [-0.3, -0.25) is 4.79 Å². The molecule has 0 atom stereocenters. The van der Waals surface area contributed by atoms with Crippen LogP contribution >= 0.6 is 39.5 Å². The van der Waals surface area contributed by atoms with Crippen LogP contribution in [0.4, 0.5) is 8.78 Å². The molecule has 0 fully saturated rings. The maximum Gasteiger partial charge on any atom is 0.276 e. The van der Waals surface area contributed by atoms with Crippen LogP contribution < -0.4 is 5.56 Å². The van der Waals surface area contributed by atoms with Crippen molar-refractivity contribution < 1.29 is 8.78 Å². The van der Waals surface area contributed by atoms with Gasteiger partial charge in [0.2, 0.25) is 0 Å². The zero-order valence-corrected chi connectivity index (χ0v) is 12.8. The minimum Gasteiger partial charge on any atom is -0.331 e. The minimum absolute atomic E-state index is 0.0540. The highest BCUT2D eigenvalue weighted by Crippen LogP contribution is 2.23. The van der Waals surface area contributed by atoms with E-state index in [4.69, 9.17) is 12.2 Å². The Bertz CT molecular complexity index is 945. The van der Waals surface area contributed by atoms with Crippen molar-refractivity contribution in [3.8, 4) is 5.69 Å². The molecule has 0 spiro atoms. The van der Waals surface area contributed by atoms with Crippen molar-refractivity contribution in [3.05, 3.63) is 54.8 Å². The lowest BCUT2D eigenvalue weighted by molar-refractivity contribution is 0.572. The third-order valence-corrected chi connectivity index (χ3v) is 4.53. The van der Waals surface area contributed by atoms with Crippen LogP contribution in [0, 0.1) is 16.4 Å². The molecule has 3 aromatic rings. The Hall–Kier alpha value is -1.38. The molecule has 1 aromatic carbocycles. The SMILES string of the molecule is O=c1c2sccc2[nH]c(=S)n1-c1cc(Br)c(F)cc1F. The van der Waals surface area contributed by atoms with E-state index in [1.807, 2.05) is 0 Å². The molecular weight excluding hydrogens is 370 g/mol. The monoisotopic (exact) mass is 374 g/mol. The second kappa shape index (κ2) is 4.87. The number of nitrogens with one attached hydrogen (secondary N) is 1. The lowest BCUT2D eigenvalue weighted by Crippen LogP contribution is -2.20. The molecule has 0 aliphatic heterocycles. The molecule has 0 aliphatic carbocycles. The molecular formula is C12H5BrF2N2OS2. The summed E-state index contributed by atoms with van der Waals surface area (Å²) in [6.45, 7) is 0. The average Bonchev–Trinajstić information content (AvgIpc) is 2.83. The topological polar surface area (TPSA) is 37.8 Å². The number of thiophene rings is 1. The van der Waals surface area contributed by atoms with E-state index < -0.39 is 17.2 Å². The first-order valence-corrected chi connectivity index (χ1v) is 7.44. The molecule has 0 bridgehead atoms. The van der Waals surface area contributed by atoms with Crippen LogP contribution in [0.25, 0.3) is 15.9 Å². The van der Waals surface area contributed by atoms with Crippen molar-refractivity contribution in [3.63, 3.8) is 0 Å². The summed E-state index contributed by atoms with van der Waals surface area (Å²) in [5.41, 5.74) is 0.0684. The standard InChI is InChI=1S/C12H5BrF2N2OS2/c13-5-3-9(7(15)4-6(5)14)17-11(18)10-8(1-2-20-10)16-12(17)19/h1-4H,(H,16,19). The van der Waals surface area contributed by atoms with Crippen LogP contribution in [-0.4, -0.2) is 9.55 Å². The van der Waals surface area contributed by atoms with Crippen LogP contribution in [0.15, 0.2) is 32.8 Å². The zero-order valence-electron chi connectivity index (χ0n) is 9.62. The van der Waals surface area contributed by atoms with Gasteiger partial charge in [-0.15, -0.1) is 11.3 Å². The van der Waals surface area contributed by atoms with Gasteiger partial charge in [0.05, 0.1) is 15.7 Å². The van der Waals surface area contributed by atoms with E-state index in [1.54, 1.807) is 11.4 Å². The van der Waals surface area contributed by atoms with Gasteiger partial charge in [0.15, 0.2) is 4.77 Å². The van der Waals surface area contributed by atoms with E-state index in [0.717, 1.165) is 4.57 Å². The second-order valence-electron chi connectivity index (χ2n) is 3.95. The normalized spacial score (nSPS) is 11.2. The summed E-state index contributed by atoms with van der Waals surface area (Å²) in [5, 5.41) is 1.73. The summed E-state index contributed by atoms with van der Waals surface area (Å²) < 4.78 is 28.8. The second-order valence-corrected chi connectivity index (χ2v) is 6.11. The maximum atomic E-state index is 13.9. The molecule has 2 heterocycles. The summed E-state index contributed by atoms with van der Waals surface area (Å²) in [6.07, 6.45) is 0. The zero-order chi connectivity index (χ0) is 14.4. The number of aromatic amines is 1. The fourth-order valence-corrected chi connectivity index (χ4v) is 3.24. The Balaban J connectivity index is 2.44. The van der Waals surface area contributed by atoms with Crippen molar-refractivity contribution >= 4 is 49.7 Å². The summed E-state index contributed by atoms with van der Waals surface area (Å²) in [5.74, 6) is -1.60. The van der Waals surface area contributed by atoms with Crippen LogP contribution in [0.1, 0.15) is 0 Å². The smallest absolute Gasteiger partial charge is 0.276 e. The summed E-state index contributed by atoms with van der Waals surface area (Å²) in [6, 6.07) is 3.62. The van der Waals surface area contributed by atoms with Gasteiger partial charge in [-0.05, 0) is 45.7 Å². The summed E-state index contributed by atoms with van der Waals surface area (Å²) in [7, 11) is 0. The number of hydrogen-bond donors (Lipinski definition) is 1. The van der Waals surface area contributed by atoms with Crippen LogP contribution in [-0.2, 0) is 0 Å².